The molecule has 0 nitrogen and oxygen atoms in total. The molecule has 7 heteroatoms. The summed E-state index contributed by atoms with van der Waals surface area (Å²) < 4.78 is 56.0. The van der Waals surface area contributed by atoms with Crippen molar-refractivity contribution in [2.45, 2.75) is 0 Å². The lowest BCUT2D eigenvalue weighted by molar-refractivity contribution is 0.468. The minimum atomic E-state index is -1.52. The van der Waals surface area contributed by atoms with Crippen molar-refractivity contribution in [3.8, 4) is 31.3 Å². The van der Waals surface area contributed by atoms with Crippen LogP contribution in [0.3, 0.4) is 0 Å². The summed E-state index contributed by atoms with van der Waals surface area (Å²) in [5.74, 6) is -2.80. The largest absolute Gasteiger partial charge is 0.216 e. The van der Waals surface area contributed by atoms with Gasteiger partial charge in [0.2, 0.25) is 10.9 Å². The van der Waals surface area contributed by atoms with Crippen LogP contribution in [0.4, 0.5) is 17.6 Å². The summed E-state index contributed by atoms with van der Waals surface area (Å²) in [5.41, 5.74) is 1.41. The van der Waals surface area contributed by atoms with E-state index in [4.69, 9.17) is 0 Å². The third kappa shape index (κ3) is 2.72. The van der Waals surface area contributed by atoms with Crippen LogP contribution in [0, 0.1) is 21.9 Å². The molecule has 0 fully saturated rings. The first kappa shape index (κ1) is 16.5. The van der Waals surface area contributed by atoms with Crippen molar-refractivity contribution in [2.75, 3.05) is 0 Å². The molecule has 4 aromatic rings. The van der Waals surface area contributed by atoms with Gasteiger partial charge in [-0.3, -0.25) is 0 Å². The van der Waals surface area contributed by atoms with E-state index in [-0.39, 0.29) is 9.75 Å². The molecule has 0 aliphatic carbocycles. The number of benzene rings is 1. The standard InChI is InChI=1S/C18H8F4S3/c19-13-14(20)18(22)25-16(13)15-12(10-7-4-8-23-10)11(17(21)24-15)9-5-2-1-3-6-9/h1-8H. The lowest BCUT2D eigenvalue weighted by Gasteiger charge is -2.05. The Labute approximate surface area is 152 Å². The summed E-state index contributed by atoms with van der Waals surface area (Å²) in [6.45, 7) is 0. The van der Waals surface area contributed by atoms with Crippen molar-refractivity contribution in [3.63, 3.8) is 0 Å². The van der Waals surface area contributed by atoms with Crippen LogP contribution < -0.4 is 0 Å². The predicted octanol–water partition coefficient (Wildman–Crippen LogP) is 7.43. The van der Waals surface area contributed by atoms with E-state index in [1.807, 2.05) is 11.4 Å². The van der Waals surface area contributed by atoms with Crippen LogP contribution in [0.5, 0.6) is 0 Å². The molecule has 0 radical (unpaired) electrons. The zero-order valence-electron chi connectivity index (χ0n) is 12.4. The molecule has 0 atom stereocenters. The minimum Gasteiger partial charge on any atom is -0.202 e. The van der Waals surface area contributed by atoms with Gasteiger partial charge in [-0.15, -0.1) is 22.7 Å². The van der Waals surface area contributed by atoms with Crippen molar-refractivity contribution in [1.82, 2.24) is 0 Å². The van der Waals surface area contributed by atoms with E-state index in [1.54, 1.807) is 36.4 Å². The van der Waals surface area contributed by atoms with E-state index in [0.29, 0.717) is 44.2 Å². The number of rotatable bonds is 3. The highest BCUT2D eigenvalue weighted by molar-refractivity contribution is 7.22. The van der Waals surface area contributed by atoms with Gasteiger partial charge in [-0.2, -0.15) is 13.2 Å². The lowest BCUT2D eigenvalue weighted by atomic mass is 10.0. The summed E-state index contributed by atoms with van der Waals surface area (Å²) in [6, 6.07) is 12.4. The molecule has 25 heavy (non-hydrogen) atoms. The van der Waals surface area contributed by atoms with Crippen molar-refractivity contribution in [2.24, 2.45) is 0 Å². The van der Waals surface area contributed by atoms with Crippen molar-refractivity contribution in [3.05, 3.63) is 69.7 Å². The topological polar surface area (TPSA) is 0 Å². The predicted molar refractivity (Wildman–Crippen MR) is 96.2 cm³/mol. The molecule has 0 unspecified atom stereocenters. The third-order valence-corrected chi connectivity index (χ3v) is 6.62. The summed E-state index contributed by atoms with van der Waals surface area (Å²) in [7, 11) is 0. The van der Waals surface area contributed by atoms with E-state index in [9.17, 15) is 17.6 Å². The van der Waals surface area contributed by atoms with Gasteiger partial charge >= 0.3 is 0 Å². The number of thiophene rings is 3. The number of halogens is 4. The van der Waals surface area contributed by atoms with Crippen molar-refractivity contribution in [1.29, 1.82) is 0 Å². The first-order valence-electron chi connectivity index (χ1n) is 7.13. The molecule has 0 spiro atoms. The second-order valence-corrected chi connectivity index (χ2v) is 8.02. The number of hydrogen-bond donors (Lipinski definition) is 0. The normalized spacial score (nSPS) is 11.2. The summed E-state index contributed by atoms with van der Waals surface area (Å²) in [4.78, 5) is 0.691. The highest BCUT2D eigenvalue weighted by Crippen LogP contribution is 2.50. The Bertz CT molecular complexity index is 1030. The van der Waals surface area contributed by atoms with E-state index in [1.165, 1.54) is 11.3 Å². The average Bonchev–Trinajstić information content (AvgIpc) is 3.31. The van der Waals surface area contributed by atoms with Crippen LogP contribution in [-0.4, -0.2) is 0 Å². The number of hydrogen-bond acceptors (Lipinski definition) is 3. The smallest absolute Gasteiger partial charge is 0.202 e. The van der Waals surface area contributed by atoms with Gasteiger partial charge in [-0.1, -0.05) is 47.7 Å². The Morgan fingerprint density at radius 1 is 0.640 bits per heavy atom. The quantitative estimate of drug-likeness (QED) is 0.316. The van der Waals surface area contributed by atoms with Gasteiger partial charge in [0.1, 0.15) is 0 Å². The SMILES string of the molecule is Fc1sc(-c2sc(F)c(-c3ccccc3)c2-c2cccs2)c(F)c1F. The zero-order valence-corrected chi connectivity index (χ0v) is 14.8. The van der Waals surface area contributed by atoms with E-state index < -0.39 is 21.9 Å². The Morgan fingerprint density at radius 3 is 1.96 bits per heavy atom. The van der Waals surface area contributed by atoms with Crippen molar-refractivity contribution < 1.29 is 17.6 Å². The molecular weight excluding hydrogens is 388 g/mol. The van der Waals surface area contributed by atoms with Crippen LogP contribution in [0.2, 0.25) is 0 Å². The molecule has 4 rings (SSSR count). The molecule has 0 aliphatic rings. The third-order valence-electron chi connectivity index (χ3n) is 3.66. The fourth-order valence-electron chi connectivity index (χ4n) is 2.59. The highest BCUT2D eigenvalue weighted by atomic mass is 32.1. The Hall–Kier alpha value is -1.96. The van der Waals surface area contributed by atoms with E-state index >= 15 is 0 Å². The maximum atomic E-state index is 14.8. The fraction of sp³-hybridized carbons (Fsp3) is 0. The fourth-order valence-corrected chi connectivity index (χ4v) is 5.42. The molecule has 0 saturated carbocycles. The molecule has 1 aromatic carbocycles. The van der Waals surface area contributed by atoms with E-state index in [2.05, 4.69) is 0 Å². The average molecular weight is 396 g/mol. The maximum Gasteiger partial charge on any atom is 0.216 e. The first-order valence-corrected chi connectivity index (χ1v) is 9.64. The molecular formula is C18H8F4S3. The molecule has 0 bridgehead atoms. The van der Waals surface area contributed by atoms with Crippen molar-refractivity contribution >= 4 is 34.0 Å². The van der Waals surface area contributed by atoms with Gasteiger partial charge in [0, 0.05) is 16.0 Å². The van der Waals surface area contributed by atoms with Crippen LogP contribution in [0.15, 0.2) is 47.8 Å². The van der Waals surface area contributed by atoms with Gasteiger partial charge in [-0.05, 0) is 17.0 Å². The second-order valence-electron chi connectivity index (χ2n) is 5.13. The van der Waals surface area contributed by atoms with Crippen LogP contribution in [-0.2, 0) is 0 Å². The van der Waals surface area contributed by atoms with Crippen LogP contribution in [0.25, 0.3) is 31.3 Å². The second kappa shape index (κ2) is 6.40. The molecule has 0 N–H and O–H groups in total. The van der Waals surface area contributed by atoms with Gasteiger partial charge in [0.25, 0.3) is 0 Å². The van der Waals surface area contributed by atoms with Crippen LogP contribution >= 0.6 is 34.0 Å². The first-order chi connectivity index (χ1) is 12.1. The highest BCUT2D eigenvalue weighted by Gasteiger charge is 2.28. The van der Waals surface area contributed by atoms with E-state index in [0.717, 1.165) is 0 Å². The van der Waals surface area contributed by atoms with Gasteiger partial charge < -0.3 is 0 Å². The molecule has 0 saturated heterocycles. The maximum absolute atomic E-state index is 14.8. The Balaban J connectivity index is 2.05. The molecule has 0 amide bonds. The van der Waals surface area contributed by atoms with Crippen LogP contribution in [0.1, 0.15) is 0 Å². The van der Waals surface area contributed by atoms with Gasteiger partial charge in [0.05, 0.1) is 9.75 Å². The summed E-state index contributed by atoms with van der Waals surface area (Å²) in [6.07, 6.45) is 0. The summed E-state index contributed by atoms with van der Waals surface area (Å²) in [5, 5.41) is 0.0630. The van der Waals surface area contributed by atoms with Gasteiger partial charge in [0.15, 0.2) is 10.9 Å². The molecule has 126 valence electrons. The monoisotopic (exact) mass is 396 g/mol. The Morgan fingerprint density at radius 2 is 1.36 bits per heavy atom. The summed E-state index contributed by atoms with van der Waals surface area (Å²) >= 11 is 2.41. The molecule has 3 heterocycles. The lowest BCUT2D eigenvalue weighted by Crippen LogP contribution is -1.84. The molecule has 0 aliphatic heterocycles. The van der Waals surface area contributed by atoms with Gasteiger partial charge in [-0.25, -0.2) is 4.39 Å². The molecule has 3 aromatic heterocycles. The Kier molecular flexibility index (Phi) is 4.23. The zero-order chi connectivity index (χ0) is 17.6. The minimum absolute atomic E-state index is 0.198.